The molecule has 9 nitrogen and oxygen atoms in total. The van der Waals surface area contributed by atoms with Crippen molar-refractivity contribution in [1.82, 2.24) is 0 Å². The lowest BCUT2D eigenvalue weighted by molar-refractivity contribution is -0.0118. The van der Waals surface area contributed by atoms with Gasteiger partial charge in [-0.25, -0.2) is 9.13 Å². The van der Waals surface area contributed by atoms with Crippen molar-refractivity contribution in [1.29, 1.82) is 0 Å². The molecular formula is C6H14O9P2. The molecule has 2 atom stereocenters. The van der Waals surface area contributed by atoms with Crippen LogP contribution in [0.25, 0.3) is 0 Å². The minimum Gasteiger partial charge on any atom is -0.370 e. The summed E-state index contributed by atoms with van der Waals surface area (Å²) < 4.78 is 34.6. The molecule has 0 spiro atoms. The van der Waals surface area contributed by atoms with E-state index in [1.54, 1.807) is 0 Å². The molecule has 17 heavy (non-hydrogen) atoms. The number of hydrogen-bond acceptors (Lipinski definition) is 5. The standard InChI is InChI=1S/C6H14O9P2/c7-16(8,9)13-3-5-1-2-6(15-5)4-14-17(10,11)12/h5-6H,1-4H2,(H2,7,8,9)(H2,10,11,12)/t5-,6-/m0/s1. The monoisotopic (exact) mass is 292 g/mol. The van der Waals surface area contributed by atoms with E-state index in [1.165, 1.54) is 0 Å². The van der Waals surface area contributed by atoms with Gasteiger partial charge in [-0.15, -0.1) is 0 Å². The third kappa shape index (κ3) is 7.25. The molecule has 1 aliphatic heterocycles. The quantitative estimate of drug-likeness (QED) is 0.487. The molecule has 1 fully saturated rings. The average Bonchev–Trinajstić information content (AvgIpc) is 2.57. The highest BCUT2D eigenvalue weighted by Crippen LogP contribution is 2.38. The van der Waals surface area contributed by atoms with Crippen molar-refractivity contribution in [3.63, 3.8) is 0 Å². The van der Waals surface area contributed by atoms with Crippen molar-refractivity contribution in [2.45, 2.75) is 25.0 Å². The van der Waals surface area contributed by atoms with Crippen molar-refractivity contribution in [3.8, 4) is 0 Å². The summed E-state index contributed by atoms with van der Waals surface area (Å²) >= 11 is 0. The number of phosphoric acid groups is 2. The average molecular weight is 292 g/mol. The lowest BCUT2D eigenvalue weighted by Gasteiger charge is -2.14. The van der Waals surface area contributed by atoms with Crippen molar-refractivity contribution in [2.24, 2.45) is 0 Å². The largest absolute Gasteiger partial charge is 0.469 e. The van der Waals surface area contributed by atoms with Gasteiger partial charge in [0, 0.05) is 0 Å². The van der Waals surface area contributed by atoms with Gasteiger partial charge in [-0.2, -0.15) is 0 Å². The van der Waals surface area contributed by atoms with Gasteiger partial charge in [-0.05, 0) is 12.8 Å². The van der Waals surface area contributed by atoms with Crippen LogP contribution < -0.4 is 0 Å². The normalized spacial score (nSPS) is 26.4. The smallest absolute Gasteiger partial charge is 0.370 e. The fourth-order valence-corrected chi connectivity index (χ4v) is 2.11. The van der Waals surface area contributed by atoms with E-state index in [-0.39, 0.29) is 13.2 Å². The molecule has 0 aromatic rings. The van der Waals surface area contributed by atoms with E-state index in [0.717, 1.165) is 0 Å². The van der Waals surface area contributed by atoms with E-state index in [2.05, 4.69) is 9.05 Å². The molecule has 1 rings (SSSR count). The number of hydrogen-bond donors (Lipinski definition) is 4. The summed E-state index contributed by atoms with van der Waals surface area (Å²) in [5.74, 6) is 0. The topological polar surface area (TPSA) is 143 Å². The van der Waals surface area contributed by atoms with Crippen molar-refractivity contribution in [2.75, 3.05) is 13.2 Å². The third-order valence-electron chi connectivity index (χ3n) is 2.05. The predicted molar refractivity (Wildman–Crippen MR) is 53.9 cm³/mol. The maximum atomic E-state index is 10.4. The van der Waals surface area contributed by atoms with E-state index in [4.69, 9.17) is 24.3 Å². The van der Waals surface area contributed by atoms with Gasteiger partial charge in [0.1, 0.15) is 0 Å². The molecule has 0 aromatic carbocycles. The molecule has 0 radical (unpaired) electrons. The van der Waals surface area contributed by atoms with Gasteiger partial charge < -0.3 is 24.3 Å². The van der Waals surface area contributed by atoms with Crippen molar-refractivity contribution in [3.05, 3.63) is 0 Å². The molecular weight excluding hydrogens is 278 g/mol. The van der Waals surface area contributed by atoms with E-state index in [1.807, 2.05) is 0 Å². The van der Waals surface area contributed by atoms with Gasteiger partial charge in [0.15, 0.2) is 0 Å². The number of phosphoric ester groups is 2. The van der Waals surface area contributed by atoms with Gasteiger partial charge >= 0.3 is 15.6 Å². The number of rotatable bonds is 6. The molecule has 1 heterocycles. The van der Waals surface area contributed by atoms with Crippen LogP contribution in [0.5, 0.6) is 0 Å². The van der Waals surface area contributed by atoms with Crippen LogP contribution in [0, 0.1) is 0 Å². The molecule has 0 aliphatic carbocycles. The molecule has 0 amide bonds. The van der Waals surface area contributed by atoms with Crippen LogP contribution in [-0.2, 0) is 22.9 Å². The summed E-state index contributed by atoms with van der Waals surface area (Å²) in [6.45, 7) is -0.534. The predicted octanol–water partition coefficient (Wildman–Crippen LogP) is -0.247. The first-order valence-electron chi connectivity index (χ1n) is 4.71. The maximum absolute atomic E-state index is 10.4. The zero-order valence-corrected chi connectivity index (χ0v) is 10.5. The zero-order chi connectivity index (χ0) is 13.1. The van der Waals surface area contributed by atoms with Crippen LogP contribution in [0.1, 0.15) is 12.8 Å². The van der Waals surface area contributed by atoms with E-state index >= 15 is 0 Å². The molecule has 1 saturated heterocycles. The van der Waals surface area contributed by atoms with E-state index in [0.29, 0.717) is 12.8 Å². The summed E-state index contributed by atoms with van der Waals surface area (Å²) in [5, 5.41) is 0. The third-order valence-corrected chi connectivity index (χ3v) is 3.02. The molecule has 0 aromatic heterocycles. The first-order valence-corrected chi connectivity index (χ1v) is 7.77. The first-order chi connectivity index (χ1) is 7.66. The second kappa shape index (κ2) is 5.88. The Balaban J connectivity index is 2.24. The molecule has 0 unspecified atom stereocenters. The van der Waals surface area contributed by atoms with Gasteiger partial charge in [0.25, 0.3) is 0 Å². The molecule has 102 valence electrons. The first kappa shape index (κ1) is 15.2. The van der Waals surface area contributed by atoms with Crippen LogP contribution in [0.3, 0.4) is 0 Å². The lowest BCUT2D eigenvalue weighted by Crippen LogP contribution is -2.19. The van der Waals surface area contributed by atoms with Crippen molar-refractivity contribution >= 4 is 15.6 Å². The Morgan fingerprint density at radius 2 is 1.29 bits per heavy atom. The van der Waals surface area contributed by atoms with Crippen LogP contribution in [0.2, 0.25) is 0 Å². The Bertz CT molecular complexity index is 300. The van der Waals surface area contributed by atoms with Gasteiger partial charge in [0.2, 0.25) is 0 Å². The Morgan fingerprint density at radius 1 is 0.941 bits per heavy atom. The van der Waals surface area contributed by atoms with Gasteiger partial charge in [-0.3, -0.25) is 9.05 Å². The van der Waals surface area contributed by atoms with Crippen LogP contribution >= 0.6 is 15.6 Å². The Labute approximate surface area is 97.2 Å². The molecule has 1 aliphatic rings. The Hall–Kier alpha value is 0.180. The summed E-state index contributed by atoms with van der Waals surface area (Å²) in [6.07, 6.45) is -0.0503. The summed E-state index contributed by atoms with van der Waals surface area (Å²) in [7, 11) is -9.03. The minimum absolute atomic E-state index is 0.267. The van der Waals surface area contributed by atoms with E-state index < -0.39 is 27.9 Å². The van der Waals surface area contributed by atoms with Gasteiger partial charge in [0.05, 0.1) is 25.4 Å². The number of ether oxygens (including phenoxy) is 1. The summed E-state index contributed by atoms with van der Waals surface area (Å²) in [4.78, 5) is 33.8. The summed E-state index contributed by atoms with van der Waals surface area (Å²) in [5.41, 5.74) is 0. The van der Waals surface area contributed by atoms with Crippen LogP contribution in [0.15, 0.2) is 0 Å². The Kier molecular flexibility index (Phi) is 5.27. The van der Waals surface area contributed by atoms with Gasteiger partial charge in [-0.1, -0.05) is 0 Å². The molecule has 0 bridgehead atoms. The highest BCUT2D eigenvalue weighted by Gasteiger charge is 2.29. The second-order valence-electron chi connectivity index (χ2n) is 3.53. The maximum Gasteiger partial charge on any atom is 0.469 e. The summed E-state index contributed by atoms with van der Waals surface area (Å²) in [6, 6.07) is 0. The highest BCUT2D eigenvalue weighted by atomic mass is 31.2. The molecule has 11 heteroatoms. The minimum atomic E-state index is -4.52. The molecule has 0 saturated carbocycles. The van der Waals surface area contributed by atoms with Crippen LogP contribution in [0.4, 0.5) is 0 Å². The second-order valence-corrected chi connectivity index (χ2v) is 6.01. The van der Waals surface area contributed by atoms with Crippen LogP contribution in [-0.4, -0.2) is 45.0 Å². The fraction of sp³-hybridized carbons (Fsp3) is 1.00. The van der Waals surface area contributed by atoms with E-state index in [9.17, 15) is 9.13 Å². The zero-order valence-electron chi connectivity index (χ0n) is 8.71. The molecule has 4 N–H and O–H groups in total. The fourth-order valence-electron chi connectivity index (χ4n) is 1.39. The lowest BCUT2D eigenvalue weighted by atomic mass is 10.2. The Morgan fingerprint density at radius 3 is 1.59 bits per heavy atom. The SMILES string of the molecule is O=P(O)(O)OC[C@@H]1CC[C@@H](COP(=O)(O)O)O1. The van der Waals surface area contributed by atoms with Crippen molar-refractivity contribution < 1.29 is 42.5 Å². The highest BCUT2D eigenvalue weighted by molar-refractivity contribution is 7.46.